The van der Waals surface area contributed by atoms with Crippen molar-refractivity contribution in [3.8, 4) is 5.75 Å². The highest BCUT2D eigenvalue weighted by molar-refractivity contribution is 6.42. The summed E-state index contributed by atoms with van der Waals surface area (Å²) in [6.45, 7) is -0.291. The van der Waals surface area contributed by atoms with Crippen molar-refractivity contribution in [1.29, 1.82) is 0 Å². The predicted octanol–water partition coefficient (Wildman–Crippen LogP) is 4.54. The van der Waals surface area contributed by atoms with Crippen molar-refractivity contribution in [2.75, 3.05) is 11.9 Å². The fourth-order valence-corrected chi connectivity index (χ4v) is 5.21. The average molecular weight is 659 g/mol. The molecule has 0 spiro atoms. The molecule has 1 aliphatic heterocycles. The molecular formula is C31H29Cl2FN4O7. The number of Topliss-reactive ketones (excluding diaryl/α,β-unsaturated/α-hetero) is 1. The van der Waals surface area contributed by atoms with Crippen molar-refractivity contribution in [2.24, 2.45) is 0 Å². The van der Waals surface area contributed by atoms with Gasteiger partial charge in [-0.1, -0.05) is 59.6 Å². The molecule has 0 fully saturated rings. The van der Waals surface area contributed by atoms with E-state index < -0.39 is 46.7 Å². The summed E-state index contributed by atoms with van der Waals surface area (Å²) in [5.41, 5.74) is 1.42. The molecule has 2 atom stereocenters. The maximum atomic E-state index is 14.6. The van der Waals surface area contributed by atoms with Crippen LogP contribution >= 0.6 is 23.2 Å². The van der Waals surface area contributed by atoms with Crippen LogP contribution in [0.1, 0.15) is 40.7 Å². The molecule has 0 saturated carbocycles. The average Bonchev–Trinajstić information content (AvgIpc) is 3.02. The number of hydrogen-bond acceptors (Lipinski definition) is 6. The third kappa shape index (κ3) is 8.49. The van der Waals surface area contributed by atoms with E-state index in [2.05, 4.69) is 16.0 Å². The molecule has 0 radical (unpaired) electrons. The molecule has 0 aliphatic carbocycles. The monoisotopic (exact) mass is 658 g/mol. The van der Waals surface area contributed by atoms with Crippen LogP contribution in [0, 0.1) is 5.82 Å². The van der Waals surface area contributed by atoms with Gasteiger partial charge < -0.3 is 31.1 Å². The summed E-state index contributed by atoms with van der Waals surface area (Å²) >= 11 is 11.7. The van der Waals surface area contributed by atoms with Crippen molar-refractivity contribution < 1.29 is 38.6 Å². The quantitative estimate of drug-likeness (QED) is 0.149. The van der Waals surface area contributed by atoms with Crippen LogP contribution in [0.4, 0.5) is 14.9 Å². The smallest absolute Gasteiger partial charge is 0.404 e. The highest BCUT2D eigenvalue weighted by atomic mass is 35.5. The van der Waals surface area contributed by atoms with Gasteiger partial charge in [-0.25, -0.2) is 9.18 Å². The number of nitrogens with one attached hydrogen (secondary N) is 3. The van der Waals surface area contributed by atoms with E-state index in [4.69, 9.17) is 28.3 Å². The van der Waals surface area contributed by atoms with Gasteiger partial charge in [-0.15, -0.1) is 0 Å². The van der Waals surface area contributed by atoms with Gasteiger partial charge in [0.05, 0.1) is 15.7 Å². The van der Waals surface area contributed by atoms with Crippen LogP contribution in [0.2, 0.25) is 10.0 Å². The Labute approximate surface area is 267 Å². The highest BCUT2D eigenvalue weighted by Crippen LogP contribution is 2.30. The normalized spacial score (nSPS) is 14.6. The number of carbonyl (C=O) groups excluding carboxylic acids is 4. The van der Waals surface area contributed by atoms with Gasteiger partial charge >= 0.3 is 6.09 Å². The van der Waals surface area contributed by atoms with E-state index in [0.717, 1.165) is 0 Å². The molecule has 0 aromatic heterocycles. The summed E-state index contributed by atoms with van der Waals surface area (Å²) in [4.78, 5) is 65.4. The second-order valence-corrected chi connectivity index (χ2v) is 11.1. The van der Waals surface area contributed by atoms with E-state index in [1.165, 1.54) is 29.2 Å². The third-order valence-electron chi connectivity index (χ3n) is 7.24. The molecule has 4 rings (SSSR count). The number of aromatic hydroxyl groups is 1. The Morgan fingerprint density at radius 1 is 0.978 bits per heavy atom. The van der Waals surface area contributed by atoms with E-state index >= 15 is 0 Å². The zero-order valence-corrected chi connectivity index (χ0v) is 25.2. The number of halogens is 3. The van der Waals surface area contributed by atoms with Gasteiger partial charge in [-0.05, 0) is 41.8 Å². The lowest BCUT2D eigenvalue weighted by atomic mass is 9.92. The molecule has 3 aromatic carbocycles. The molecule has 1 heterocycles. The van der Waals surface area contributed by atoms with Gasteiger partial charge in [0.15, 0.2) is 11.6 Å². The van der Waals surface area contributed by atoms with E-state index in [-0.39, 0.29) is 61.0 Å². The number of phenols is 1. The van der Waals surface area contributed by atoms with Crippen LogP contribution in [0.15, 0.2) is 60.7 Å². The Kier molecular flexibility index (Phi) is 11.0. The Morgan fingerprint density at radius 2 is 1.71 bits per heavy atom. The summed E-state index contributed by atoms with van der Waals surface area (Å²) in [5.74, 6) is -3.39. The number of nitrogens with zero attached hydrogens (tertiary/aromatic N) is 1. The summed E-state index contributed by atoms with van der Waals surface area (Å²) in [5, 5.41) is 25.5. The summed E-state index contributed by atoms with van der Waals surface area (Å²) in [7, 11) is 0. The first-order valence-electron chi connectivity index (χ1n) is 13.8. The number of fused-ring (bicyclic) bond motifs is 1. The molecule has 1 unspecified atom stereocenters. The number of ketones is 1. The lowest BCUT2D eigenvalue weighted by Crippen LogP contribution is -2.56. The predicted molar refractivity (Wildman–Crippen MR) is 164 cm³/mol. The molecular weight excluding hydrogens is 630 g/mol. The first kappa shape index (κ1) is 33.2. The molecule has 3 aromatic rings. The summed E-state index contributed by atoms with van der Waals surface area (Å²) < 4.78 is 14.6. The molecule has 5 N–H and O–H groups in total. The molecule has 236 valence electrons. The Hall–Kier alpha value is -4.68. The van der Waals surface area contributed by atoms with Crippen molar-refractivity contribution in [1.82, 2.24) is 15.5 Å². The highest BCUT2D eigenvalue weighted by Gasteiger charge is 2.36. The summed E-state index contributed by atoms with van der Waals surface area (Å²) in [6, 6.07) is 13.0. The van der Waals surface area contributed by atoms with Crippen LogP contribution < -0.4 is 16.0 Å². The van der Waals surface area contributed by atoms with Crippen LogP contribution in [-0.2, 0) is 27.3 Å². The van der Waals surface area contributed by atoms with E-state index in [1.54, 1.807) is 36.4 Å². The molecule has 14 heteroatoms. The maximum absolute atomic E-state index is 14.6. The topological polar surface area (TPSA) is 165 Å². The number of anilines is 1. The van der Waals surface area contributed by atoms with Gasteiger partial charge in [0.2, 0.25) is 17.7 Å². The zero-order valence-electron chi connectivity index (χ0n) is 23.7. The Balaban J connectivity index is 1.55. The van der Waals surface area contributed by atoms with Crippen molar-refractivity contribution in [3.05, 3.63) is 93.2 Å². The van der Waals surface area contributed by atoms with E-state index in [1.807, 2.05) is 0 Å². The largest absolute Gasteiger partial charge is 0.508 e. The SMILES string of the molecule is O=C(O)NCCC(NC(=O)[C@@H]1Cc2ccc(O)cc2CN1C(=O)CCC(=O)c1ccccc1)C(=O)Nc1ccc(Cl)c(Cl)c1F. The van der Waals surface area contributed by atoms with Gasteiger partial charge in [0.1, 0.15) is 17.8 Å². The van der Waals surface area contributed by atoms with Crippen molar-refractivity contribution in [3.63, 3.8) is 0 Å². The third-order valence-corrected chi connectivity index (χ3v) is 8.02. The molecule has 1 aliphatic rings. The van der Waals surface area contributed by atoms with Crippen LogP contribution in [0.3, 0.4) is 0 Å². The Bertz CT molecular complexity index is 1620. The van der Waals surface area contributed by atoms with Crippen LogP contribution in [-0.4, -0.2) is 63.3 Å². The van der Waals surface area contributed by atoms with Crippen LogP contribution in [0.5, 0.6) is 5.75 Å². The number of carboxylic acid groups (broad SMARTS) is 1. The molecule has 45 heavy (non-hydrogen) atoms. The molecule has 4 amide bonds. The maximum Gasteiger partial charge on any atom is 0.404 e. The zero-order chi connectivity index (χ0) is 32.7. The minimum absolute atomic E-state index is 0.0273. The minimum Gasteiger partial charge on any atom is -0.508 e. The molecule has 11 nitrogen and oxygen atoms in total. The van der Waals surface area contributed by atoms with Gasteiger partial charge in [0, 0.05) is 37.9 Å². The van der Waals surface area contributed by atoms with Crippen molar-refractivity contribution >= 4 is 58.5 Å². The van der Waals surface area contributed by atoms with E-state index in [0.29, 0.717) is 16.7 Å². The number of rotatable bonds is 11. The second kappa shape index (κ2) is 14.9. The number of carbonyl (C=O) groups is 5. The van der Waals surface area contributed by atoms with Crippen molar-refractivity contribution in [2.45, 2.75) is 44.3 Å². The fraction of sp³-hybridized carbons (Fsp3) is 0.258. The number of amides is 4. The molecule has 0 saturated heterocycles. The number of phenolic OH excluding ortho intramolecular Hbond substituents is 1. The molecule has 0 bridgehead atoms. The lowest BCUT2D eigenvalue weighted by Gasteiger charge is -2.37. The second-order valence-electron chi connectivity index (χ2n) is 10.3. The standard InChI is InChI=1S/C31H29Cl2FN4O7/c32-21-8-9-22(28(34)27(21)33)36-29(42)23(12-13-35-31(44)45)37-30(43)24-15-18-6-7-20(39)14-19(18)16-38(24)26(41)11-10-25(40)17-4-2-1-3-5-17/h1-9,14,23-24,35,39H,10-13,15-16H2,(H,36,42)(H,37,43)(H,44,45)/t23?,24-/m0/s1. The van der Waals surface area contributed by atoms with E-state index in [9.17, 15) is 33.5 Å². The number of benzene rings is 3. The van der Waals surface area contributed by atoms with Crippen LogP contribution in [0.25, 0.3) is 0 Å². The first-order valence-corrected chi connectivity index (χ1v) is 14.6. The number of hydrogen-bond donors (Lipinski definition) is 5. The van der Waals surface area contributed by atoms with Gasteiger partial charge in [-0.3, -0.25) is 19.2 Å². The minimum atomic E-state index is -1.36. The summed E-state index contributed by atoms with van der Waals surface area (Å²) in [6.07, 6.45) is -1.85. The van der Waals surface area contributed by atoms with Gasteiger partial charge in [-0.2, -0.15) is 0 Å². The van der Waals surface area contributed by atoms with Gasteiger partial charge in [0.25, 0.3) is 0 Å². The lowest BCUT2D eigenvalue weighted by molar-refractivity contribution is -0.142. The Morgan fingerprint density at radius 3 is 2.42 bits per heavy atom. The fourth-order valence-electron chi connectivity index (χ4n) is 4.90. The first-order chi connectivity index (χ1) is 21.4.